The summed E-state index contributed by atoms with van der Waals surface area (Å²) in [6.07, 6.45) is 4.64. The molecule has 1 aliphatic rings. The standard InChI is InChI=1S/C19H22FN5OS/c1-11-5-3-4-6-14(11)21-16(26)10-27-19-22-18-17(23-24-19)13-9-12(20)7-8-15(13)25(18)2/h7-9,11,14H,3-6,10H2,1-2H3,(H,21,26)/t11-,14+/m1/s1. The van der Waals surface area contributed by atoms with Crippen LogP contribution in [0.1, 0.15) is 32.6 Å². The number of aromatic nitrogens is 4. The van der Waals surface area contributed by atoms with Gasteiger partial charge in [0.2, 0.25) is 11.1 Å². The third-order valence-corrected chi connectivity index (χ3v) is 6.17. The molecule has 2 atom stereocenters. The second-order valence-corrected chi connectivity index (χ2v) is 8.15. The largest absolute Gasteiger partial charge is 0.352 e. The normalized spacial score (nSPS) is 20.3. The number of amides is 1. The number of hydrogen-bond donors (Lipinski definition) is 1. The highest BCUT2D eigenvalue weighted by Crippen LogP contribution is 2.27. The van der Waals surface area contributed by atoms with Crippen LogP contribution in [0.5, 0.6) is 0 Å². The number of rotatable bonds is 4. The van der Waals surface area contributed by atoms with Gasteiger partial charge in [0.25, 0.3) is 0 Å². The molecule has 1 fully saturated rings. The van der Waals surface area contributed by atoms with Gasteiger partial charge in [-0.25, -0.2) is 9.37 Å². The number of nitrogens with zero attached hydrogens (tertiary/aromatic N) is 4. The van der Waals surface area contributed by atoms with Gasteiger partial charge in [0.15, 0.2) is 5.65 Å². The first-order valence-corrected chi connectivity index (χ1v) is 10.2. The quantitative estimate of drug-likeness (QED) is 0.694. The second-order valence-electron chi connectivity index (χ2n) is 7.21. The van der Waals surface area contributed by atoms with E-state index in [9.17, 15) is 9.18 Å². The van der Waals surface area contributed by atoms with Crippen molar-refractivity contribution in [2.45, 2.75) is 43.8 Å². The molecule has 1 aromatic carbocycles. The Morgan fingerprint density at radius 1 is 1.33 bits per heavy atom. The molecule has 2 heterocycles. The summed E-state index contributed by atoms with van der Waals surface area (Å²) in [6, 6.07) is 4.83. The lowest BCUT2D eigenvalue weighted by atomic mass is 9.86. The summed E-state index contributed by atoms with van der Waals surface area (Å²) in [5.41, 5.74) is 2.05. The Labute approximate surface area is 160 Å². The third-order valence-electron chi connectivity index (χ3n) is 5.33. The van der Waals surface area contributed by atoms with Crippen molar-refractivity contribution in [3.05, 3.63) is 24.0 Å². The van der Waals surface area contributed by atoms with E-state index in [0.717, 1.165) is 11.9 Å². The van der Waals surface area contributed by atoms with Gasteiger partial charge in [0.1, 0.15) is 11.3 Å². The average molecular weight is 387 g/mol. The molecule has 0 aliphatic heterocycles. The number of thioether (sulfide) groups is 1. The van der Waals surface area contributed by atoms with Gasteiger partial charge in [-0.2, -0.15) is 0 Å². The van der Waals surface area contributed by atoms with E-state index in [1.54, 1.807) is 6.07 Å². The summed E-state index contributed by atoms with van der Waals surface area (Å²) in [4.78, 5) is 16.8. The fourth-order valence-electron chi connectivity index (χ4n) is 3.79. The zero-order valence-corrected chi connectivity index (χ0v) is 16.2. The predicted molar refractivity (Wildman–Crippen MR) is 104 cm³/mol. The minimum Gasteiger partial charge on any atom is -0.352 e. The molecule has 1 amide bonds. The molecule has 0 spiro atoms. The zero-order valence-electron chi connectivity index (χ0n) is 15.4. The Hall–Kier alpha value is -2.22. The number of nitrogens with one attached hydrogen (secondary N) is 1. The molecule has 0 radical (unpaired) electrons. The Balaban J connectivity index is 1.48. The van der Waals surface area contributed by atoms with E-state index in [4.69, 9.17) is 0 Å². The van der Waals surface area contributed by atoms with Crippen LogP contribution in [0.3, 0.4) is 0 Å². The van der Waals surface area contributed by atoms with Crippen molar-refractivity contribution in [3.63, 3.8) is 0 Å². The third kappa shape index (κ3) is 3.63. The van der Waals surface area contributed by atoms with Gasteiger partial charge in [0, 0.05) is 18.5 Å². The maximum absolute atomic E-state index is 13.6. The van der Waals surface area contributed by atoms with Gasteiger partial charge in [0.05, 0.1) is 11.3 Å². The molecular formula is C19H22FN5OS. The summed E-state index contributed by atoms with van der Waals surface area (Å²) in [7, 11) is 1.86. The van der Waals surface area contributed by atoms with Gasteiger partial charge in [-0.15, -0.1) is 10.2 Å². The van der Waals surface area contributed by atoms with Crippen molar-refractivity contribution < 1.29 is 9.18 Å². The lowest BCUT2D eigenvalue weighted by Gasteiger charge is -2.29. The van der Waals surface area contributed by atoms with Crippen LogP contribution in [0, 0.1) is 11.7 Å². The van der Waals surface area contributed by atoms with Crippen molar-refractivity contribution in [2.24, 2.45) is 13.0 Å². The molecule has 4 rings (SSSR count). The first-order chi connectivity index (χ1) is 13.0. The summed E-state index contributed by atoms with van der Waals surface area (Å²) < 4.78 is 15.4. The van der Waals surface area contributed by atoms with Crippen LogP contribution in [-0.4, -0.2) is 37.5 Å². The average Bonchev–Trinajstić information content (AvgIpc) is 2.93. The summed E-state index contributed by atoms with van der Waals surface area (Å²) in [5.74, 6) is 0.471. The van der Waals surface area contributed by atoms with E-state index in [-0.39, 0.29) is 23.5 Å². The second kappa shape index (κ2) is 7.42. The van der Waals surface area contributed by atoms with E-state index >= 15 is 0 Å². The lowest BCUT2D eigenvalue weighted by Crippen LogP contribution is -2.41. The fraction of sp³-hybridized carbons (Fsp3) is 0.474. The Kier molecular flexibility index (Phi) is 4.99. The number of benzene rings is 1. The molecule has 1 saturated carbocycles. The summed E-state index contributed by atoms with van der Waals surface area (Å²) in [6.45, 7) is 2.20. The number of aryl methyl sites for hydroxylation is 1. The Morgan fingerprint density at radius 3 is 2.96 bits per heavy atom. The first-order valence-electron chi connectivity index (χ1n) is 9.23. The number of halogens is 1. The van der Waals surface area contributed by atoms with Gasteiger partial charge in [-0.3, -0.25) is 4.79 Å². The van der Waals surface area contributed by atoms with Gasteiger partial charge < -0.3 is 9.88 Å². The molecule has 3 aromatic rings. The molecule has 1 aliphatic carbocycles. The van der Waals surface area contributed by atoms with E-state index in [0.29, 0.717) is 27.6 Å². The van der Waals surface area contributed by atoms with E-state index < -0.39 is 0 Å². The van der Waals surface area contributed by atoms with E-state index in [1.807, 2.05) is 11.6 Å². The van der Waals surface area contributed by atoms with E-state index in [2.05, 4.69) is 27.4 Å². The Morgan fingerprint density at radius 2 is 2.15 bits per heavy atom. The monoisotopic (exact) mass is 387 g/mol. The molecule has 27 heavy (non-hydrogen) atoms. The molecule has 0 saturated heterocycles. The van der Waals surface area contributed by atoms with Crippen LogP contribution in [0.4, 0.5) is 4.39 Å². The number of carbonyl (C=O) groups is 1. The number of fused-ring (bicyclic) bond motifs is 3. The molecule has 8 heteroatoms. The highest BCUT2D eigenvalue weighted by Gasteiger charge is 2.23. The minimum absolute atomic E-state index is 0.00144. The maximum Gasteiger partial charge on any atom is 0.230 e. The smallest absolute Gasteiger partial charge is 0.230 e. The number of hydrogen-bond acceptors (Lipinski definition) is 5. The highest BCUT2D eigenvalue weighted by atomic mass is 32.2. The van der Waals surface area contributed by atoms with Crippen LogP contribution in [-0.2, 0) is 11.8 Å². The van der Waals surface area contributed by atoms with Gasteiger partial charge in [-0.05, 0) is 37.0 Å². The molecule has 2 aromatic heterocycles. The van der Waals surface area contributed by atoms with Crippen molar-refractivity contribution in [3.8, 4) is 0 Å². The lowest BCUT2D eigenvalue weighted by molar-refractivity contribution is -0.119. The fourth-order valence-corrected chi connectivity index (χ4v) is 4.38. The SMILES string of the molecule is C[C@@H]1CCCC[C@@H]1NC(=O)CSc1nnc2c3cc(F)ccc3n(C)c2n1. The van der Waals surface area contributed by atoms with Crippen LogP contribution >= 0.6 is 11.8 Å². The molecular weight excluding hydrogens is 365 g/mol. The molecule has 6 nitrogen and oxygen atoms in total. The first kappa shape index (κ1) is 18.2. The molecule has 142 valence electrons. The Bertz CT molecular complexity index is 1000. The van der Waals surface area contributed by atoms with Crippen LogP contribution < -0.4 is 5.32 Å². The highest BCUT2D eigenvalue weighted by molar-refractivity contribution is 7.99. The van der Waals surface area contributed by atoms with Crippen molar-refractivity contribution in [1.29, 1.82) is 0 Å². The van der Waals surface area contributed by atoms with Crippen molar-refractivity contribution >= 4 is 39.7 Å². The molecule has 0 unspecified atom stereocenters. The zero-order chi connectivity index (χ0) is 19.0. The van der Waals surface area contributed by atoms with E-state index in [1.165, 1.54) is 43.2 Å². The number of carbonyl (C=O) groups excluding carboxylic acids is 1. The summed E-state index contributed by atoms with van der Waals surface area (Å²) >= 11 is 1.27. The molecule has 1 N–H and O–H groups in total. The van der Waals surface area contributed by atoms with Gasteiger partial charge in [-0.1, -0.05) is 31.5 Å². The van der Waals surface area contributed by atoms with Crippen molar-refractivity contribution in [1.82, 2.24) is 25.1 Å². The topological polar surface area (TPSA) is 72.7 Å². The van der Waals surface area contributed by atoms with Crippen LogP contribution in [0.25, 0.3) is 22.1 Å². The molecule has 0 bridgehead atoms. The minimum atomic E-state index is -0.316. The summed E-state index contributed by atoms with van der Waals surface area (Å²) in [5, 5.41) is 12.6. The predicted octanol–water partition coefficient (Wildman–Crippen LogP) is 3.44. The van der Waals surface area contributed by atoms with Crippen molar-refractivity contribution in [2.75, 3.05) is 5.75 Å². The van der Waals surface area contributed by atoms with Crippen LogP contribution in [0.2, 0.25) is 0 Å². The van der Waals surface area contributed by atoms with Gasteiger partial charge >= 0.3 is 0 Å². The van der Waals surface area contributed by atoms with Crippen LogP contribution in [0.15, 0.2) is 23.4 Å². The maximum atomic E-state index is 13.6.